The second-order valence-electron chi connectivity index (χ2n) is 4.76. The van der Waals surface area contributed by atoms with Gasteiger partial charge in [-0.2, -0.15) is 4.31 Å². The van der Waals surface area contributed by atoms with Crippen molar-refractivity contribution in [1.82, 2.24) is 4.31 Å². The van der Waals surface area contributed by atoms with Gasteiger partial charge in [-0.15, -0.1) is 0 Å². The molecule has 2 rings (SSSR count). The molecule has 0 aliphatic carbocycles. The number of hydrogen-bond acceptors (Lipinski definition) is 5. The summed E-state index contributed by atoms with van der Waals surface area (Å²) in [4.78, 5) is -0.100. The highest BCUT2D eigenvalue weighted by molar-refractivity contribution is 7.92. The molecule has 1 aliphatic rings. The van der Waals surface area contributed by atoms with Gasteiger partial charge in [-0.25, -0.2) is 16.8 Å². The van der Waals surface area contributed by atoms with E-state index in [0.717, 1.165) is 4.31 Å². The van der Waals surface area contributed by atoms with Crippen LogP contribution in [0, 0.1) is 0 Å². The Labute approximate surface area is 123 Å². The molecule has 0 radical (unpaired) electrons. The third-order valence-corrected chi connectivity index (χ3v) is 7.31. The van der Waals surface area contributed by atoms with Crippen molar-refractivity contribution < 1.29 is 16.8 Å². The molecule has 1 aliphatic heterocycles. The number of anilines is 1. The average Bonchev–Trinajstić information content (AvgIpc) is 2.71. The van der Waals surface area contributed by atoms with Gasteiger partial charge >= 0.3 is 0 Å². The fourth-order valence-corrected chi connectivity index (χ4v) is 5.78. The lowest BCUT2D eigenvalue weighted by molar-refractivity contribution is 0.394. The molecule has 0 aromatic heterocycles. The number of halogens is 1. The number of nitrogens with two attached hydrogens (primary N) is 1. The van der Waals surface area contributed by atoms with E-state index < -0.39 is 25.9 Å². The van der Waals surface area contributed by atoms with Crippen molar-refractivity contribution in [3.05, 3.63) is 23.2 Å². The SMILES string of the molecule is CN(C1CCS(=O)(=O)C1)S(=O)(=O)c1cc(Cl)ccc1N. The van der Waals surface area contributed by atoms with Crippen LogP contribution in [0.1, 0.15) is 6.42 Å². The molecule has 1 fully saturated rings. The monoisotopic (exact) mass is 338 g/mol. The highest BCUT2D eigenvalue weighted by atomic mass is 35.5. The molecule has 1 atom stereocenters. The minimum Gasteiger partial charge on any atom is -0.398 e. The second-order valence-corrected chi connectivity index (χ2v) is 9.39. The topological polar surface area (TPSA) is 97.5 Å². The van der Waals surface area contributed by atoms with Gasteiger partial charge in [0.1, 0.15) is 4.90 Å². The fraction of sp³-hybridized carbons (Fsp3) is 0.455. The summed E-state index contributed by atoms with van der Waals surface area (Å²) >= 11 is 5.80. The molecule has 1 saturated heterocycles. The first-order chi connectivity index (χ1) is 9.13. The van der Waals surface area contributed by atoms with Gasteiger partial charge in [0.2, 0.25) is 10.0 Å². The van der Waals surface area contributed by atoms with Crippen LogP contribution >= 0.6 is 11.6 Å². The molecular weight excluding hydrogens is 324 g/mol. The predicted octanol–water partition coefficient (Wildman–Crippen LogP) is 0.730. The first kappa shape index (κ1) is 15.6. The van der Waals surface area contributed by atoms with Gasteiger partial charge in [-0.05, 0) is 24.6 Å². The van der Waals surface area contributed by atoms with E-state index in [4.69, 9.17) is 17.3 Å². The van der Waals surface area contributed by atoms with Crippen LogP contribution in [0.2, 0.25) is 5.02 Å². The fourth-order valence-electron chi connectivity index (χ4n) is 2.15. The highest BCUT2D eigenvalue weighted by Crippen LogP contribution is 2.28. The van der Waals surface area contributed by atoms with Crippen molar-refractivity contribution in [2.24, 2.45) is 0 Å². The summed E-state index contributed by atoms with van der Waals surface area (Å²) in [5.74, 6) is -0.161. The van der Waals surface area contributed by atoms with Crippen molar-refractivity contribution in [3.63, 3.8) is 0 Å². The second kappa shape index (κ2) is 5.18. The Bertz CT molecular complexity index is 731. The van der Waals surface area contributed by atoms with Crippen molar-refractivity contribution >= 4 is 37.1 Å². The van der Waals surface area contributed by atoms with Gasteiger partial charge < -0.3 is 5.73 Å². The van der Waals surface area contributed by atoms with E-state index >= 15 is 0 Å². The normalized spacial score (nSPS) is 22.2. The van der Waals surface area contributed by atoms with Crippen LogP contribution in [0.15, 0.2) is 23.1 Å². The van der Waals surface area contributed by atoms with Crippen molar-refractivity contribution in [1.29, 1.82) is 0 Å². The maximum absolute atomic E-state index is 12.5. The summed E-state index contributed by atoms with van der Waals surface area (Å²) in [7, 11) is -5.67. The third kappa shape index (κ3) is 2.93. The summed E-state index contributed by atoms with van der Waals surface area (Å²) < 4.78 is 49.0. The lowest BCUT2D eigenvalue weighted by Gasteiger charge is -2.23. The molecule has 1 heterocycles. The van der Waals surface area contributed by atoms with Crippen LogP contribution < -0.4 is 5.73 Å². The van der Waals surface area contributed by atoms with Crippen LogP contribution in [-0.2, 0) is 19.9 Å². The number of nitrogens with zero attached hydrogens (tertiary/aromatic N) is 1. The third-order valence-electron chi connectivity index (χ3n) is 3.36. The zero-order chi connectivity index (χ0) is 15.1. The van der Waals surface area contributed by atoms with E-state index in [1.807, 2.05) is 0 Å². The molecule has 1 aromatic rings. The standard InChI is InChI=1S/C11H15ClN2O4S2/c1-14(9-4-5-19(15,16)7-9)20(17,18)11-6-8(12)2-3-10(11)13/h2-3,6,9H,4-5,7,13H2,1H3. The van der Waals surface area contributed by atoms with Crippen molar-refractivity contribution in [2.45, 2.75) is 17.4 Å². The molecule has 20 heavy (non-hydrogen) atoms. The van der Waals surface area contributed by atoms with Gasteiger partial charge in [0.15, 0.2) is 9.84 Å². The van der Waals surface area contributed by atoms with Crippen LogP contribution in [0.25, 0.3) is 0 Å². The van der Waals surface area contributed by atoms with E-state index in [2.05, 4.69) is 0 Å². The minimum absolute atomic E-state index is 0.00253. The zero-order valence-electron chi connectivity index (χ0n) is 10.8. The first-order valence-electron chi connectivity index (χ1n) is 5.87. The van der Waals surface area contributed by atoms with Gasteiger partial charge in [0, 0.05) is 18.1 Å². The van der Waals surface area contributed by atoms with Crippen molar-refractivity contribution in [2.75, 3.05) is 24.3 Å². The molecule has 2 N–H and O–H groups in total. The molecule has 9 heteroatoms. The molecule has 112 valence electrons. The number of hydrogen-bond donors (Lipinski definition) is 1. The molecular formula is C11H15ClN2O4S2. The summed E-state index contributed by atoms with van der Waals surface area (Å²) in [6.45, 7) is 0. The van der Waals surface area contributed by atoms with Crippen LogP contribution in [-0.4, -0.2) is 45.7 Å². The molecule has 0 saturated carbocycles. The Morgan fingerprint density at radius 2 is 2.05 bits per heavy atom. The number of sulfone groups is 1. The van der Waals surface area contributed by atoms with E-state index in [1.165, 1.54) is 25.2 Å². The number of sulfonamides is 1. The van der Waals surface area contributed by atoms with E-state index in [1.54, 1.807) is 0 Å². The molecule has 0 bridgehead atoms. The lowest BCUT2D eigenvalue weighted by Crippen LogP contribution is -2.38. The zero-order valence-corrected chi connectivity index (χ0v) is 13.2. The van der Waals surface area contributed by atoms with E-state index in [0.29, 0.717) is 6.42 Å². The first-order valence-corrected chi connectivity index (χ1v) is 9.51. The highest BCUT2D eigenvalue weighted by Gasteiger charge is 2.37. The lowest BCUT2D eigenvalue weighted by atomic mass is 10.3. The summed E-state index contributed by atoms with van der Waals surface area (Å²) in [5, 5.41) is 0.255. The molecule has 1 aromatic carbocycles. The van der Waals surface area contributed by atoms with Gasteiger partial charge in [-0.3, -0.25) is 0 Å². The molecule has 6 nitrogen and oxygen atoms in total. The van der Waals surface area contributed by atoms with Gasteiger partial charge in [0.05, 0.1) is 17.2 Å². The Morgan fingerprint density at radius 1 is 1.40 bits per heavy atom. The van der Waals surface area contributed by atoms with E-state index in [9.17, 15) is 16.8 Å². The Balaban J connectivity index is 2.38. The Kier molecular flexibility index (Phi) is 4.03. The molecule has 0 amide bonds. The summed E-state index contributed by atoms with van der Waals surface area (Å²) in [5.41, 5.74) is 5.77. The number of nitrogen functional groups attached to an aromatic ring is 1. The van der Waals surface area contributed by atoms with E-state index in [-0.39, 0.29) is 27.1 Å². The molecule has 0 spiro atoms. The minimum atomic E-state index is -3.87. The molecule has 1 unspecified atom stereocenters. The quantitative estimate of drug-likeness (QED) is 0.819. The summed E-state index contributed by atoms with van der Waals surface area (Å²) in [6.07, 6.45) is 0.290. The largest absolute Gasteiger partial charge is 0.398 e. The predicted molar refractivity (Wildman–Crippen MR) is 77.9 cm³/mol. The maximum Gasteiger partial charge on any atom is 0.245 e. The van der Waals surface area contributed by atoms with Crippen LogP contribution in [0.5, 0.6) is 0 Å². The maximum atomic E-state index is 12.5. The van der Waals surface area contributed by atoms with Crippen LogP contribution in [0.4, 0.5) is 5.69 Å². The van der Waals surface area contributed by atoms with Crippen LogP contribution in [0.3, 0.4) is 0 Å². The smallest absolute Gasteiger partial charge is 0.245 e. The number of benzene rings is 1. The van der Waals surface area contributed by atoms with Crippen molar-refractivity contribution in [3.8, 4) is 0 Å². The average molecular weight is 339 g/mol. The Morgan fingerprint density at radius 3 is 2.60 bits per heavy atom. The van der Waals surface area contributed by atoms with Gasteiger partial charge in [0.25, 0.3) is 0 Å². The Hall–Kier alpha value is -0.830. The van der Waals surface area contributed by atoms with Gasteiger partial charge in [-0.1, -0.05) is 11.6 Å². The summed E-state index contributed by atoms with van der Waals surface area (Å²) in [6, 6.07) is 3.61. The number of rotatable bonds is 3.